The van der Waals surface area contributed by atoms with Crippen LogP contribution in [0.4, 0.5) is 0 Å². The number of piperidine rings is 1. The molecule has 0 bridgehead atoms. The molecule has 1 fully saturated rings. The number of aliphatic hydroxyl groups excluding tert-OH is 1. The van der Waals surface area contributed by atoms with Crippen molar-refractivity contribution in [1.82, 2.24) is 4.90 Å². The number of nitrogens with zero attached hydrogens (tertiary/aromatic N) is 1. The molecule has 1 rings (SSSR count). The summed E-state index contributed by atoms with van der Waals surface area (Å²) in [6.07, 6.45) is 0.482. The molecule has 0 radical (unpaired) electrons. The largest absolute Gasteiger partial charge is 0.391 e. The second-order valence-electron chi connectivity index (χ2n) is 4.49. The van der Waals surface area contributed by atoms with Crippen LogP contribution >= 0.6 is 11.6 Å². The highest BCUT2D eigenvalue weighted by Crippen LogP contribution is 2.22. The molecule has 12 heavy (non-hydrogen) atoms. The predicted octanol–water partition coefficient (Wildman–Crippen LogP) is 1.46. The summed E-state index contributed by atoms with van der Waals surface area (Å²) in [4.78, 5) is 2.32. The minimum Gasteiger partial charge on any atom is -0.391 e. The van der Waals surface area contributed by atoms with Gasteiger partial charge in [0.1, 0.15) is 0 Å². The Labute approximate surface area is 79.5 Å². The van der Waals surface area contributed by atoms with Crippen LogP contribution in [0, 0.1) is 0 Å². The van der Waals surface area contributed by atoms with Gasteiger partial charge >= 0.3 is 0 Å². The minimum atomic E-state index is -0.315. The van der Waals surface area contributed by atoms with Crippen molar-refractivity contribution in [2.24, 2.45) is 0 Å². The van der Waals surface area contributed by atoms with Crippen LogP contribution < -0.4 is 0 Å². The summed E-state index contributed by atoms with van der Waals surface area (Å²) in [7, 11) is 0. The zero-order chi connectivity index (χ0) is 9.35. The van der Waals surface area contributed by atoms with Crippen LogP contribution in [0.3, 0.4) is 0 Å². The first kappa shape index (κ1) is 10.3. The topological polar surface area (TPSA) is 23.5 Å². The summed E-state index contributed by atoms with van der Waals surface area (Å²) >= 11 is 5.98. The van der Waals surface area contributed by atoms with E-state index >= 15 is 0 Å². The van der Waals surface area contributed by atoms with E-state index in [1.807, 2.05) is 0 Å². The molecule has 0 unspecified atom stereocenters. The molecule has 0 saturated carbocycles. The lowest BCUT2D eigenvalue weighted by Crippen LogP contribution is -2.52. The molecule has 1 heterocycles. The van der Waals surface area contributed by atoms with E-state index < -0.39 is 0 Å². The van der Waals surface area contributed by atoms with Crippen LogP contribution in [0.2, 0.25) is 0 Å². The summed E-state index contributed by atoms with van der Waals surface area (Å²) in [5, 5.41) is 9.30. The average molecular weight is 192 g/mol. The Bertz CT molecular complexity index is 155. The van der Waals surface area contributed by atoms with E-state index in [0.717, 1.165) is 19.5 Å². The predicted molar refractivity (Wildman–Crippen MR) is 51.6 cm³/mol. The van der Waals surface area contributed by atoms with Gasteiger partial charge in [-0.3, -0.25) is 4.90 Å². The van der Waals surface area contributed by atoms with Gasteiger partial charge < -0.3 is 5.11 Å². The Morgan fingerprint density at radius 1 is 1.42 bits per heavy atom. The van der Waals surface area contributed by atoms with Crippen molar-refractivity contribution in [2.45, 2.75) is 44.2 Å². The SMILES string of the molecule is CC(C)(C)N1CC[C@@H](O)[C@@H](Cl)C1. The van der Waals surface area contributed by atoms with Gasteiger partial charge in [-0.25, -0.2) is 0 Å². The van der Waals surface area contributed by atoms with Crippen molar-refractivity contribution in [3.63, 3.8) is 0 Å². The van der Waals surface area contributed by atoms with Gasteiger partial charge in [0, 0.05) is 18.6 Å². The van der Waals surface area contributed by atoms with Crippen molar-refractivity contribution < 1.29 is 5.11 Å². The van der Waals surface area contributed by atoms with E-state index in [1.54, 1.807) is 0 Å². The molecule has 0 aromatic heterocycles. The number of alkyl halides is 1. The van der Waals surface area contributed by atoms with E-state index in [1.165, 1.54) is 0 Å². The molecule has 1 aliphatic heterocycles. The van der Waals surface area contributed by atoms with Gasteiger partial charge in [-0.15, -0.1) is 11.6 Å². The summed E-state index contributed by atoms with van der Waals surface area (Å²) in [5.74, 6) is 0. The van der Waals surface area contributed by atoms with Crippen LogP contribution in [-0.2, 0) is 0 Å². The molecule has 1 aliphatic rings. The maximum atomic E-state index is 9.40. The monoisotopic (exact) mass is 191 g/mol. The van der Waals surface area contributed by atoms with E-state index in [4.69, 9.17) is 11.6 Å². The molecule has 0 aliphatic carbocycles. The lowest BCUT2D eigenvalue weighted by molar-refractivity contribution is 0.0413. The number of hydrogen-bond donors (Lipinski definition) is 1. The number of hydrogen-bond acceptors (Lipinski definition) is 2. The van der Waals surface area contributed by atoms with E-state index in [-0.39, 0.29) is 17.0 Å². The third-order valence-corrected chi connectivity index (χ3v) is 2.88. The lowest BCUT2D eigenvalue weighted by Gasteiger charge is -2.41. The fourth-order valence-electron chi connectivity index (χ4n) is 1.50. The first-order valence-electron chi connectivity index (χ1n) is 4.48. The Kier molecular flexibility index (Phi) is 3.02. The van der Waals surface area contributed by atoms with Crippen LogP contribution in [-0.4, -0.2) is 40.1 Å². The van der Waals surface area contributed by atoms with Gasteiger partial charge in [0.25, 0.3) is 0 Å². The molecule has 0 spiro atoms. The van der Waals surface area contributed by atoms with Crippen LogP contribution in [0.5, 0.6) is 0 Å². The lowest BCUT2D eigenvalue weighted by atomic mass is 9.99. The van der Waals surface area contributed by atoms with Gasteiger partial charge in [-0.1, -0.05) is 0 Å². The highest BCUT2D eigenvalue weighted by Gasteiger charge is 2.31. The van der Waals surface area contributed by atoms with Crippen molar-refractivity contribution >= 4 is 11.6 Å². The van der Waals surface area contributed by atoms with Crippen LogP contribution in [0.25, 0.3) is 0 Å². The third-order valence-electron chi connectivity index (χ3n) is 2.46. The van der Waals surface area contributed by atoms with E-state index in [9.17, 15) is 5.11 Å². The molecule has 72 valence electrons. The highest BCUT2D eigenvalue weighted by atomic mass is 35.5. The Morgan fingerprint density at radius 3 is 2.42 bits per heavy atom. The molecule has 2 atom stereocenters. The summed E-state index contributed by atoms with van der Waals surface area (Å²) in [5.41, 5.74) is 0.174. The fourth-order valence-corrected chi connectivity index (χ4v) is 1.79. The molecule has 3 heteroatoms. The maximum Gasteiger partial charge on any atom is 0.0728 e. The van der Waals surface area contributed by atoms with Gasteiger partial charge in [-0.2, -0.15) is 0 Å². The number of aliphatic hydroxyl groups is 1. The number of likely N-dealkylation sites (tertiary alicyclic amines) is 1. The molecular weight excluding hydrogens is 174 g/mol. The van der Waals surface area contributed by atoms with Gasteiger partial charge in [0.15, 0.2) is 0 Å². The Balaban J connectivity index is 2.51. The minimum absolute atomic E-state index is 0.0991. The summed E-state index contributed by atoms with van der Waals surface area (Å²) < 4.78 is 0. The van der Waals surface area contributed by atoms with Crippen LogP contribution in [0.15, 0.2) is 0 Å². The van der Waals surface area contributed by atoms with Crippen LogP contribution in [0.1, 0.15) is 27.2 Å². The normalized spacial score (nSPS) is 33.8. The maximum absolute atomic E-state index is 9.40. The second kappa shape index (κ2) is 3.52. The van der Waals surface area contributed by atoms with Crippen molar-refractivity contribution in [3.8, 4) is 0 Å². The summed E-state index contributed by atoms with van der Waals surface area (Å²) in [6.45, 7) is 8.27. The first-order valence-corrected chi connectivity index (χ1v) is 4.92. The van der Waals surface area contributed by atoms with Crippen molar-refractivity contribution in [2.75, 3.05) is 13.1 Å². The standard InChI is InChI=1S/C9H18ClNO/c1-9(2,3)11-5-4-8(12)7(10)6-11/h7-8,12H,4-6H2,1-3H3/t7-,8+/m0/s1. The number of halogens is 1. The van der Waals surface area contributed by atoms with E-state index in [2.05, 4.69) is 25.7 Å². The van der Waals surface area contributed by atoms with Gasteiger partial charge in [0.2, 0.25) is 0 Å². The van der Waals surface area contributed by atoms with Crippen molar-refractivity contribution in [1.29, 1.82) is 0 Å². The molecule has 1 saturated heterocycles. The van der Waals surface area contributed by atoms with E-state index in [0.29, 0.717) is 0 Å². The van der Waals surface area contributed by atoms with Gasteiger partial charge in [-0.05, 0) is 27.2 Å². The quantitative estimate of drug-likeness (QED) is 0.586. The van der Waals surface area contributed by atoms with Crippen molar-refractivity contribution in [3.05, 3.63) is 0 Å². The second-order valence-corrected chi connectivity index (χ2v) is 5.05. The fraction of sp³-hybridized carbons (Fsp3) is 1.00. The molecule has 2 nitrogen and oxygen atoms in total. The van der Waals surface area contributed by atoms with Gasteiger partial charge in [0.05, 0.1) is 11.5 Å². The summed E-state index contributed by atoms with van der Waals surface area (Å²) in [6, 6.07) is 0. The number of rotatable bonds is 0. The average Bonchev–Trinajstić information content (AvgIpc) is 1.92. The smallest absolute Gasteiger partial charge is 0.0728 e. The molecule has 1 N–H and O–H groups in total. The molecule has 0 amide bonds. The Morgan fingerprint density at radius 2 is 2.00 bits per heavy atom. The Hall–Kier alpha value is 0.210. The molecule has 0 aromatic carbocycles. The zero-order valence-electron chi connectivity index (χ0n) is 8.05. The molecular formula is C9H18ClNO. The highest BCUT2D eigenvalue weighted by molar-refractivity contribution is 6.21. The third kappa shape index (κ3) is 2.35. The first-order chi connectivity index (χ1) is 5.41. The zero-order valence-corrected chi connectivity index (χ0v) is 8.80. The molecule has 0 aromatic rings.